The molecule has 33 heavy (non-hydrogen) atoms. The van der Waals surface area contributed by atoms with E-state index in [1.54, 1.807) is 31.4 Å². The van der Waals surface area contributed by atoms with Crippen LogP contribution in [-0.4, -0.2) is 52.6 Å². The zero-order chi connectivity index (χ0) is 23.4. The van der Waals surface area contributed by atoms with Crippen LogP contribution in [0.2, 0.25) is 0 Å². The average Bonchev–Trinajstić information content (AvgIpc) is 3.45. The summed E-state index contributed by atoms with van der Waals surface area (Å²) in [7, 11) is 1.57. The van der Waals surface area contributed by atoms with E-state index in [9.17, 15) is 18.8 Å². The number of H-pyrrole nitrogens is 1. The van der Waals surface area contributed by atoms with Crippen molar-refractivity contribution in [2.45, 2.75) is 19.0 Å². The van der Waals surface area contributed by atoms with Crippen LogP contribution in [0.5, 0.6) is 5.75 Å². The van der Waals surface area contributed by atoms with E-state index in [0.717, 1.165) is 5.56 Å². The Bertz CT molecular complexity index is 1160. The molecule has 0 bridgehead atoms. The lowest BCUT2D eigenvalue weighted by Crippen LogP contribution is -2.47. The molecule has 11 heteroatoms. The second-order valence-electron chi connectivity index (χ2n) is 7.30. The van der Waals surface area contributed by atoms with Gasteiger partial charge in [-0.25, -0.2) is 9.37 Å². The van der Waals surface area contributed by atoms with Gasteiger partial charge in [0.25, 0.3) is 0 Å². The quantitative estimate of drug-likeness (QED) is 0.482. The van der Waals surface area contributed by atoms with Crippen LogP contribution in [0.3, 0.4) is 0 Å². The maximum absolute atomic E-state index is 13.1. The normalized spacial score (nSPS) is 15.4. The van der Waals surface area contributed by atoms with E-state index in [-0.39, 0.29) is 12.5 Å². The van der Waals surface area contributed by atoms with Crippen LogP contribution in [-0.2, 0) is 20.9 Å². The zero-order valence-electron chi connectivity index (χ0n) is 17.7. The number of carbonyl (C=O) groups excluding carboxylic acids is 3. The number of anilines is 1. The van der Waals surface area contributed by atoms with E-state index in [0.29, 0.717) is 36.1 Å². The molecule has 0 radical (unpaired) electrons. The van der Waals surface area contributed by atoms with Crippen LogP contribution < -0.4 is 20.3 Å². The van der Waals surface area contributed by atoms with Crippen LogP contribution >= 0.6 is 0 Å². The van der Waals surface area contributed by atoms with Crippen molar-refractivity contribution in [2.24, 2.45) is 0 Å². The number of amides is 3. The van der Waals surface area contributed by atoms with Crippen LogP contribution in [0.15, 0.2) is 48.5 Å². The van der Waals surface area contributed by atoms with Crippen molar-refractivity contribution in [3.05, 3.63) is 60.2 Å². The van der Waals surface area contributed by atoms with Crippen molar-refractivity contribution in [3.8, 4) is 17.1 Å². The van der Waals surface area contributed by atoms with E-state index < -0.39 is 23.7 Å². The lowest BCUT2D eigenvalue weighted by molar-refractivity contribution is -0.140. The van der Waals surface area contributed by atoms with Gasteiger partial charge in [-0.1, -0.05) is 0 Å². The van der Waals surface area contributed by atoms with Gasteiger partial charge in [0.1, 0.15) is 23.4 Å². The molecule has 1 atom stereocenters. The Balaban J connectivity index is 1.28. The Kier molecular flexibility index (Phi) is 6.29. The summed E-state index contributed by atoms with van der Waals surface area (Å²) in [5.74, 6) is -1.09. The predicted molar refractivity (Wildman–Crippen MR) is 116 cm³/mol. The SMILES string of the molecule is COc1ccc(-c2n[nH]c(CNC(=O)C(=O)NC3CCN(c4ccc(F)cc4)C3=O)n2)cc1. The third-order valence-corrected chi connectivity index (χ3v) is 5.15. The van der Waals surface area contributed by atoms with Crippen molar-refractivity contribution in [2.75, 3.05) is 18.6 Å². The fourth-order valence-corrected chi connectivity index (χ4v) is 3.40. The summed E-state index contributed by atoms with van der Waals surface area (Å²) >= 11 is 0. The Morgan fingerprint density at radius 1 is 1.15 bits per heavy atom. The third-order valence-electron chi connectivity index (χ3n) is 5.15. The number of aromatic nitrogens is 3. The summed E-state index contributed by atoms with van der Waals surface area (Å²) in [4.78, 5) is 42.7. The molecule has 1 unspecified atom stereocenters. The average molecular weight is 452 g/mol. The molecule has 1 aliphatic rings. The first-order valence-electron chi connectivity index (χ1n) is 10.2. The van der Waals surface area contributed by atoms with Crippen LogP contribution in [0.25, 0.3) is 11.4 Å². The second-order valence-corrected chi connectivity index (χ2v) is 7.30. The van der Waals surface area contributed by atoms with Gasteiger partial charge < -0.3 is 20.3 Å². The Morgan fingerprint density at radius 3 is 2.58 bits per heavy atom. The minimum absolute atomic E-state index is 0.0459. The third kappa shape index (κ3) is 4.97. The molecule has 4 rings (SSSR count). The number of rotatable bonds is 6. The molecule has 1 fully saturated rings. The molecule has 3 N–H and O–H groups in total. The van der Waals surface area contributed by atoms with Gasteiger partial charge in [0.2, 0.25) is 5.91 Å². The van der Waals surface area contributed by atoms with Crippen LogP contribution in [0.4, 0.5) is 10.1 Å². The first-order valence-corrected chi connectivity index (χ1v) is 10.2. The summed E-state index contributed by atoms with van der Waals surface area (Å²) in [6.07, 6.45) is 0.336. The van der Waals surface area contributed by atoms with Gasteiger partial charge in [0.05, 0.1) is 13.7 Å². The largest absolute Gasteiger partial charge is 0.497 e. The lowest BCUT2D eigenvalue weighted by Gasteiger charge is -2.17. The molecule has 1 aromatic heterocycles. The number of benzene rings is 2. The first kappa shape index (κ1) is 21.9. The highest BCUT2D eigenvalue weighted by molar-refractivity contribution is 6.35. The van der Waals surface area contributed by atoms with Gasteiger partial charge in [0, 0.05) is 17.8 Å². The van der Waals surface area contributed by atoms with Crippen LogP contribution in [0, 0.1) is 5.82 Å². The van der Waals surface area contributed by atoms with E-state index in [1.165, 1.54) is 29.2 Å². The van der Waals surface area contributed by atoms with Gasteiger partial charge in [-0.05, 0) is 55.0 Å². The molecular formula is C22H21FN6O4. The highest BCUT2D eigenvalue weighted by Gasteiger charge is 2.34. The van der Waals surface area contributed by atoms with Gasteiger partial charge in [-0.2, -0.15) is 5.10 Å². The number of hydrogen-bond donors (Lipinski definition) is 3. The topological polar surface area (TPSA) is 129 Å². The highest BCUT2D eigenvalue weighted by atomic mass is 19.1. The molecule has 0 aliphatic carbocycles. The molecule has 1 aliphatic heterocycles. The minimum Gasteiger partial charge on any atom is -0.497 e. The van der Waals surface area contributed by atoms with E-state index in [4.69, 9.17) is 4.74 Å². The summed E-state index contributed by atoms with van der Waals surface area (Å²) in [6.45, 7) is 0.305. The fourth-order valence-electron chi connectivity index (χ4n) is 3.40. The van der Waals surface area contributed by atoms with Crippen molar-refractivity contribution in [1.82, 2.24) is 25.8 Å². The summed E-state index contributed by atoms with van der Waals surface area (Å²) in [6, 6.07) is 11.8. The Hall–Kier alpha value is -4.28. The molecule has 170 valence electrons. The standard InChI is InChI=1S/C22H21FN6O4/c1-33-16-8-2-13(3-9-16)19-26-18(27-28-19)12-24-20(30)21(31)25-17-10-11-29(22(17)32)15-6-4-14(23)5-7-15/h2-9,17H,10-12H2,1H3,(H,24,30)(H,25,31)(H,26,27,28). The summed E-state index contributed by atoms with van der Waals surface area (Å²) in [5, 5.41) is 11.7. The number of nitrogens with zero attached hydrogens (tertiary/aromatic N) is 3. The van der Waals surface area contributed by atoms with Crippen molar-refractivity contribution in [1.29, 1.82) is 0 Å². The molecule has 2 heterocycles. The molecule has 2 aromatic carbocycles. The Labute approximate surface area is 188 Å². The molecule has 0 spiro atoms. The van der Waals surface area contributed by atoms with Crippen molar-refractivity contribution in [3.63, 3.8) is 0 Å². The molecule has 3 amide bonds. The summed E-state index contributed by atoms with van der Waals surface area (Å²) in [5.41, 5.74) is 1.29. The smallest absolute Gasteiger partial charge is 0.309 e. The number of ether oxygens (including phenoxy) is 1. The molecular weight excluding hydrogens is 431 g/mol. The van der Waals surface area contributed by atoms with E-state index >= 15 is 0 Å². The minimum atomic E-state index is -0.927. The van der Waals surface area contributed by atoms with Gasteiger partial charge in [-0.15, -0.1) is 0 Å². The van der Waals surface area contributed by atoms with Crippen molar-refractivity contribution < 1.29 is 23.5 Å². The van der Waals surface area contributed by atoms with Crippen molar-refractivity contribution >= 4 is 23.4 Å². The molecule has 1 saturated heterocycles. The van der Waals surface area contributed by atoms with E-state index in [1.807, 2.05) is 0 Å². The molecule has 0 saturated carbocycles. The predicted octanol–water partition coefficient (Wildman–Crippen LogP) is 1.16. The summed E-state index contributed by atoms with van der Waals surface area (Å²) < 4.78 is 18.2. The van der Waals surface area contributed by atoms with Gasteiger partial charge in [0.15, 0.2) is 5.82 Å². The maximum atomic E-state index is 13.1. The van der Waals surface area contributed by atoms with Gasteiger partial charge in [-0.3, -0.25) is 19.5 Å². The first-order chi connectivity index (χ1) is 15.9. The van der Waals surface area contributed by atoms with Gasteiger partial charge >= 0.3 is 11.8 Å². The monoisotopic (exact) mass is 452 g/mol. The molecule has 3 aromatic rings. The molecule has 10 nitrogen and oxygen atoms in total. The Morgan fingerprint density at radius 2 is 1.88 bits per heavy atom. The highest BCUT2D eigenvalue weighted by Crippen LogP contribution is 2.22. The fraction of sp³-hybridized carbons (Fsp3) is 0.227. The lowest BCUT2D eigenvalue weighted by atomic mass is 10.2. The number of hydrogen-bond acceptors (Lipinski definition) is 6. The maximum Gasteiger partial charge on any atom is 0.309 e. The number of carbonyl (C=O) groups is 3. The van der Waals surface area contributed by atoms with E-state index in [2.05, 4.69) is 25.8 Å². The number of nitrogens with one attached hydrogen (secondary N) is 3. The number of methoxy groups -OCH3 is 1. The number of halogens is 1. The van der Waals surface area contributed by atoms with Crippen LogP contribution in [0.1, 0.15) is 12.2 Å². The number of aromatic amines is 1. The second kappa shape index (κ2) is 9.47. The zero-order valence-corrected chi connectivity index (χ0v) is 17.7.